The van der Waals surface area contributed by atoms with Crippen molar-refractivity contribution in [2.45, 2.75) is 0 Å². The topological polar surface area (TPSA) is 105 Å². The van der Waals surface area contributed by atoms with E-state index in [9.17, 15) is 9.59 Å². The summed E-state index contributed by atoms with van der Waals surface area (Å²) in [7, 11) is 0. The molecule has 0 aliphatic carbocycles. The average molecular weight is 640 g/mol. The van der Waals surface area contributed by atoms with Gasteiger partial charge in [-0.15, -0.1) is 0 Å². The number of benzene rings is 4. The van der Waals surface area contributed by atoms with E-state index >= 15 is 0 Å². The molecule has 9 rings (SSSR count). The van der Waals surface area contributed by atoms with Gasteiger partial charge in [-0.3, -0.25) is 19.1 Å². The van der Waals surface area contributed by atoms with Gasteiger partial charge < -0.3 is 10.6 Å². The Morgan fingerprint density at radius 1 is 0.612 bits per heavy atom. The fourth-order valence-corrected chi connectivity index (χ4v) is 5.99. The number of carbonyl (C=O) groups excluding carboxylic acids is 2. The number of rotatable bonds is 4. The highest BCUT2D eigenvalue weighted by atomic mass is 16.2. The van der Waals surface area contributed by atoms with Gasteiger partial charge in [-0.25, -0.2) is 15.0 Å². The molecule has 0 atom stereocenters. The number of nitrogens with one attached hydrogen (secondary N) is 2. The van der Waals surface area contributed by atoms with Crippen LogP contribution in [-0.2, 0) is 0 Å². The Bertz CT molecular complexity index is 2260. The van der Waals surface area contributed by atoms with Crippen LogP contribution in [0.5, 0.6) is 0 Å². The van der Waals surface area contributed by atoms with Gasteiger partial charge in [0, 0.05) is 35.3 Å². The summed E-state index contributed by atoms with van der Waals surface area (Å²) in [6.45, 7) is -0.0441. The molecule has 5 heterocycles. The van der Waals surface area contributed by atoms with Crippen molar-refractivity contribution in [1.29, 1.82) is 0 Å². The second kappa shape index (κ2) is 12.7. The first kappa shape index (κ1) is 29.5. The van der Waals surface area contributed by atoms with E-state index in [-0.39, 0.29) is 18.2 Å². The van der Waals surface area contributed by atoms with Gasteiger partial charge in [-0.05, 0) is 48.5 Å². The monoisotopic (exact) mass is 639 g/mol. The highest BCUT2D eigenvalue weighted by Crippen LogP contribution is 2.38. The van der Waals surface area contributed by atoms with Crippen LogP contribution in [0.4, 0.5) is 28.7 Å². The fourth-order valence-electron chi connectivity index (χ4n) is 5.99. The van der Waals surface area contributed by atoms with Crippen LogP contribution in [0.25, 0.3) is 28.3 Å². The van der Waals surface area contributed by atoms with Crippen LogP contribution < -0.4 is 15.5 Å². The number of carbonyl (C=O) groups is 2. The minimum absolute atomic E-state index is 0.0441. The van der Waals surface area contributed by atoms with Crippen molar-refractivity contribution in [3.8, 4) is 28.3 Å². The van der Waals surface area contributed by atoms with E-state index < -0.39 is 0 Å². The summed E-state index contributed by atoms with van der Waals surface area (Å²) in [5.41, 5.74) is 7.51. The van der Waals surface area contributed by atoms with Gasteiger partial charge in [-0.2, -0.15) is 0 Å². The molecule has 0 saturated carbocycles. The first-order valence-corrected chi connectivity index (χ1v) is 15.8. The molecule has 0 unspecified atom stereocenters. The number of imidazole rings is 1. The Balaban J connectivity index is 0.000000142. The number of nitrogens with zero attached hydrogens (tertiary/aromatic N) is 5. The number of amides is 1. The number of ketones is 1. The van der Waals surface area contributed by atoms with E-state index in [1.807, 2.05) is 66.7 Å². The van der Waals surface area contributed by atoms with Crippen LogP contribution in [0, 0.1) is 0 Å². The molecule has 4 aromatic carbocycles. The molecular weight excluding hydrogens is 610 g/mol. The summed E-state index contributed by atoms with van der Waals surface area (Å²) < 4.78 is 2.11. The van der Waals surface area contributed by atoms with E-state index in [1.54, 1.807) is 48.8 Å². The van der Waals surface area contributed by atoms with Gasteiger partial charge in [0.1, 0.15) is 5.82 Å². The second-order valence-corrected chi connectivity index (χ2v) is 11.4. The number of Topliss-reactive ketones (excluding diaryl/α,β-unsaturated/α-hetero) is 1. The lowest BCUT2D eigenvalue weighted by Gasteiger charge is -2.21. The normalized spacial score (nSPS) is 12.2. The van der Waals surface area contributed by atoms with E-state index in [0.717, 1.165) is 39.8 Å². The maximum absolute atomic E-state index is 13.1. The number of aromatic nitrogens is 4. The molecule has 2 aliphatic rings. The minimum Gasteiger partial charge on any atom is -0.338 e. The molecule has 49 heavy (non-hydrogen) atoms. The smallest absolute Gasteiger partial charge is 0.260 e. The zero-order valence-electron chi connectivity index (χ0n) is 26.2. The summed E-state index contributed by atoms with van der Waals surface area (Å²) in [6, 6.07) is 42.2. The molecule has 236 valence electrons. The summed E-state index contributed by atoms with van der Waals surface area (Å²) in [5.74, 6) is 1.97. The number of hydrogen-bond acceptors (Lipinski definition) is 7. The highest BCUT2D eigenvalue weighted by molar-refractivity contribution is 6.16. The van der Waals surface area contributed by atoms with Gasteiger partial charge in [0.25, 0.3) is 5.91 Å². The summed E-state index contributed by atoms with van der Waals surface area (Å²) in [4.78, 5) is 41.0. The molecule has 1 amide bonds. The fraction of sp³-hybridized carbons (Fsp3) is 0.0250. The molecular formula is C40H29N7O2. The van der Waals surface area contributed by atoms with Crippen molar-refractivity contribution in [1.82, 2.24) is 19.5 Å². The summed E-state index contributed by atoms with van der Waals surface area (Å²) >= 11 is 0. The molecule has 2 aliphatic heterocycles. The predicted octanol–water partition coefficient (Wildman–Crippen LogP) is 8.33. The third-order valence-corrected chi connectivity index (χ3v) is 8.37. The number of pyridine rings is 2. The van der Waals surface area contributed by atoms with Crippen molar-refractivity contribution in [3.63, 3.8) is 0 Å². The number of anilines is 5. The Hall–Kier alpha value is -6.87. The van der Waals surface area contributed by atoms with Crippen molar-refractivity contribution in [3.05, 3.63) is 163 Å². The maximum atomic E-state index is 13.1. The summed E-state index contributed by atoms with van der Waals surface area (Å²) in [6.07, 6.45) is 5.53. The first-order valence-electron chi connectivity index (χ1n) is 15.8. The standard InChI is InChI=1S/C20H14N4.C20H15N3O2/c1-2-7-14(8-3-1)17-13-24-18-11-6-12-21-19(18)22-16-10-5-4-9-15(16)20(24)23-17;24-18(14-7-2-1-3-8-14)13-23-17-11-6-12-21-19(17)22-16-10-5-4-9-15(16)20(23)25/h1-13H,(H,21,22);1-12H,13H2,(H,21,22). The molecule has 0 radical (unpaired) electrons. The molecule has 9 nitrogen and oxygen atoms in total. The Morgan fingerprint density at radius 2 is 1.18 bits per heavy atom. The van der Waals surface area contributed by atoms with Crippen LogP contribution in [0.3, 0.4) is 0 Å². The quantitative estimate of drug-likeness (QED) is 0.187. The van der Waals surface area contributed by atoms with E-state index in [1.165, 1.54) is 4.90 Å². The molecule has 7 aromatic rings. The van der Waals surface area contributed by atoms with E-state index in [0.29, 0.717) is 28.3 Å². The Kier molecular flexibility index (Phi) is 7.67. The van der Waals surface area contributed by atoms with Crippen LogP contribution in [0.1, 0.15) is 20.7 Å². The third-order valence-electron chi connectivity index (χ3n) is 8.37. The molecule has 0 bridgehead atoms. The summed E-state index contributed by atoms with van der Waals surface area (Å²) in [5, 5.41) is 6.61. The van der Waals surface area contributed by atoms with Crippen LogP contribution in [-0.4, -0.2) is 37.8 Å². The molecule has 3 aromatic heterocycles. The number of fused-ring (bicyclic) bond motifs is 7. The lowest BCUT2D eigenvalue weighted by atomic mass is 10.1. The van der Waals surface area contributed by atoms with Gasteiger partial charge >= 0.3 is 0 Å². The molecule has 9 heteroatoms. The van der Waals surface area contributed by atoms with Gasteiger partial charge in [-0.1, -0.05) is 84.9 Å². The number of para-hydroxylation sites is 2. The predicted molar refractivity (Wildman–Crippen MR) is 192 cm³/mol. The van der Waals surface area contributed by atoms with Gasteiger partial charge in [0.2, 0.25) is 0 Å². The van der Waals surface area contributed by atoms with E-state index in [4.69, 9.17) is 4.98 Å². The lowest BCUT2D eigenvalue weighted by Crippen LogP contribution is -2.35. The van der Waals surface area contributed by atoms with Crippen LogP contribution >= 0.6 is 0 Å². The van der Waals surface area contributed by atoms with Crippen LogP contribution in [0.2, 0.25) is 0 Å². The first-order chi connectivity index (χ1) is 24.1. The third kappa shape index (κ3) is 5.70. The second-order valence-electron chi connectivity index (χ2n) is 11.4. The SMILES string of the molecule is O=C(CN1C(=O)c2ccccc2Nc2ncccc21)c1ccccc1.c1ccc(-c2cn3c(n2)-c2ccccc2Nc2ncccc2-3)cc1. The maximum Gasteiger partial charge on any atom is 0.260 e. The molecule has 0 spiro atoms. The molecule has 0 saturated heterocycles. The minimum atomic E-state index is -0.223. The van der Waals surface area contributed by atoms with Gasteiger partial charge in [0.15, 0.2) is 17.4 Å². The van der Waals surface area contributed by atoms with Crippen molar-refractivity contribution in [2.24, 2.45) is 0 Å². The van der Waals surface area contributed by atoms with Crippen LogP contribution in [0.15, 0.2) is 152 Å². The van der Waals surface area contributed by atoms with Crippen molar-refractivity contribution >= 4 is 40.4 Å². The lowest BCUT2D eigenvalue weighted by molar-refractivity contribution is 0.0938. The van der Waals surface area contributed by atoms with Gasteiger partial charge in [0.05, 0.1) is 40.6 Å². The Morgan fingerprint density at radius 3 is 1.90 bits per heavy atom. The Labute approximate surface area is 282 Å². The number of hydrogen-bond donors (Lipinski definition) is 2. The molecule has 2 N–H and O–H groups in total. The van der Waals surface area contributed by atoms with Crippen molar-refractivity contribution in [2.75, 3.05) is 22.1 Å². The molecule has 0 fully saturated rings. The zero-order valence-corrected chi connectivity index (χ0v) is 26.2. The van der Waals surface area contributed by atoms with Crippen molar-refractivity contribution < 1.29 is 9.59 Å². The highest BCUT2D eigenvalue weighted by Gasteiger charge is 2.29. The zero-order chi connectivity index (χ0) is 33.2. The average Bonchev–Trinajstić information content (AvgIpc) is 3.50. The largest absolute Gasteiger partial charge is 0.338 e. The van der Waals surface area contributed by atoms with E-state index in [2.05, 4.69) is 61.7 Å².